The summed E-state index contributed by atoms with van der Waals surface area (Å²) in [5, 5.41) is 12.0. The van der Waals surface area contributed by atoms with Crippen molar-refractivity contribution in [2.75, 3.05) is 19.7 Å². The van der Waals surface area contributed by atoms with Gasteiger partial charge in [-0.05, 0) is 37.4 Å². The quantitative estimate of drug-likeness (QED) is 0.738. The van der Waals surface area contributed by atoms with E-state index in [4.69, 9.17) is 9.84 Å². The van der Waals surface area contributed by atoms with Gasteiger partial charge in [0.25, 0.3) is 0 Å². The highest BCUT2D eigenvalue weighted by Gasteiger charge is 2.18. The van der Waals surface area contributed by atoms with Crippen LogP contribution in [-0.4, -0.2) is 30.9 Å². The number of aryl methyl sites for hydroxylation is 1. The third-order valence-corrected chi connectivity index (χ3v) is 2.89. The molecule has 0 amide bonds. The van der Waals surface area contributed by atoms with Crippen LogP contribution >= 0.6 is 0 Å². The van der Waals surface area contributed by atoms with Gasteiger partial charge in [0.15, 0.2) is 0 Å². The highest BCUT2D eigenvalue weighted by atomic mass is 16.5. The second-order valence-electron chi connectivity index (χ2n) is 4.17. The van der Waals surface area contributed by atoms with Gasteiger partial charge in [-0.1, -0.05) is 18.2 Å². The maximum Gasteiger partial charge on any atom is 0.122 e. The van der Waals surface area contributed by atoms with Gasteiger partial charge in [-0.25, -0.2) is 0 Å². The predicted molar refractivity (Wildman–Crippen MR) is 63.8 cm³/mol. The number of hydrogen-bond acceptors (Lipinski definition) is 3. The number of rotatable bonds is 5. The molecule has 1 heterocycles. The Morgan fingerprint density at radius 1 is 1.38 bits per heavy atom. The van der Waals surface area contributed by atoms with Crippen LogP contribution in [0.5, 0.6) is 5.75 Å². The molecule has 3 nitrogen and oxygen atoms in total. The lowest BCUT2D eigenvalue weighted by atomic mass is 10.0. The van der Waals surface area contributed by atoms with Gasteiger partial charge < -0.3 is 15.2 Å². The molecule has 1 aromatic carbocycles. The lowest BCUT2D eigenvalue weighted by molar-refractivity contribution is 0.169. The minimum Gasteiger partial charge on any atom is -0.489 e. The number of nitrogens with one attached hydrogen (secondary N) is 1. The molecule has 1 aliphatic rings. The molecule has 3 heteroatoms. The third kappa shape index (κ3) is 2.97. The van der Waals surface area contributed by atoms with Crippen molar-refractivity contribution in [3.8, 4) is 5.75 Å². The first-order chi connectivity index (χ1) is 7.90. The molecule has 88 valence electrons. The molecule has 1 atom stereocenters. The summed E-state index contributed by atoms with van der Waals surface area (Å²) in [6, 6.07) is 8.24. The Bertz CT molecular complexity index is 327. The Morgan fingerprint density at radius 2 is 2.25 bits per heavy atom. The molecule has 0 bridgehead atoms. The van der Waals surface area contributed by atoms with Gasteiger partial charge in [0.05, 0.1) is 0 Å². The van der Waals surface area contributed by atoms with Crippen molar-refractivity contribution in [1.29, 1.82) is 0 Å². The summed E-state index contributed by atoms with van der Waals surface area (Å²) in [6.45, 7) is 1.98. The summed E-state index contributed by atoms with van der Waals surface area (Å²) in [5.74, 6) is 1.03. The Balaban J connectivity index is 1.79. The molecule has 0 aromatic heterocycles. The van der Waals surface area contributed by atoms with Gasteiger partial charge in [-0.2, -0.15) is 0 Å². The molecule has 2 N–H and O–H groups in total. The van der Waals surface area contributed by atoms with Crippen LogP contribution < -0.4 is 10.1 Å². The molecule has 0 radical (unpaired) electrons. The Hall–Kier alpha value is -1.06. The second-order valence-corrected chi connectivity index (χ2v) is 4.17. The number of aliphatic hydroxyl groups is 1. The van der Waals surface area contributed by atoms with Gasteiger partial charge in [-0.3, -0.25) is 0 Å². The van der Waals surface area contributed by atoms with E-state index in [2.05, 4.69) is 17.4 Å². The molecule has 0 saturated carbocycles. The zero-order chi connectivity index (χ0) is 11.2. The maximum absolute atomic E-state index is 8.66. The van der Waals surface area contributed by atoms with Crippen LogP contribution in [0.2, 0.25) is 0 Å². The van der Waals surface area contributed by atoms with Gasteiger partial charge >= 0.3 is 0 Å². The molecule has 16 heavy (non-hydrogen) atoms. The first-order valence-corrected chi connectivity index (χ1v) is 5.96. The van der Waals surface area contributed by atoms with Crippen molar-refractivity contribution in [2.24, 2.45) is 0 Å². The number of ether oxygens (including phenoxy) is 1. The summed E-state index contributed by atoms with van der Waals surface area (Å²) in [6.07, 6.45) is 3.25. The Labute approximate surface area is 96.4 Å². The zero-order valence-corrected chi connectivity index (χ0v) is 9.48. The summed E-state index contributed by atoms with van der Waals surface area (Å²) in [4.78, 5) is 0. The van der Waals surface area contributed by atoms with E-state index in [0.717, 1.165) is 38.1 Å². The number of benzene rings is 1. The van der Waals surface area contributed by atoms with Crippen molar-refractivity contribution in [3.63, 3.8) is 0 Å². The normalized spacial score (nSPS) is 18.9. The number of para-hydroxylation sites is 1. The third-order valence-electron chi connectivity index (χ3n) is 2.89. The topological polar surface area (TPSA) is 41.5 Å². The number of fused-ring (bicyclic) bond motifs is 1. The highest BCUT2D eigenvalue weighted by Crippen LogP contribution is 2.26. The van der Waals surface area contributed by atoms with Crippen LogP contribution in [0.4, 0.5) is 0 Å². The standard InChI is InChI=1S/C13H19NO2/c15-9-3-8-14-10-12-7-6-11-4-1-2-5-13(11)16-12/h1-2,4-5,12,14-15H,3,6-10H2/t12-/m1/s1. The fourth-order valence-electron chi connectivity index (χ4n) is 1.99. The number of aliphatic hydroxyl groups excluding tert-OH is 1. The molecule has 0 aliphatic carbocycles. The smallest absolute Gasteiger partial charge is 0.122 e. The summed E-state index contributed by atoms with van der Waals surface area (Å²) in [7, 11) is 0. The minimum absolute atomic E-state index is 0.251. The van der Waals surface area contributed by atoms with E-state index >= 15 is 0 Å². The van der Waals surface area contributed by atoms with E-state index in [1.807, 2.05) is 12.1 Å². The van der Waals surface area contributed by atoms with Crippen LogP contribution in [0.3, 0.4) is 0 Å². The van der Waals surface area contributed by atoms with Crippen molar-refractivity contribution in [3.05, 3.63) is 29.8 Å². The van der Waals surface area contributed by atoms with Crippen molar-refractivity contribution >= 4 is 0 Å². The molecule has 1 aromatic rings. The van der Waals surface area contributed by atoms with Crippen molar-refractivity contribution in [2.45, 2.75) is 25.4 Å². The first-order valence-electron chi connectivity index (χ1n) is 5.96. The molecule has 2 rings (SSSR count). The lowest BCUT2D eigenvalue weighted by Crippen LogP contribution is -2.34. The van der Waals surface area contributed by atoms with Crippen LogP contribution in [0, 0.1) is 0 Å². The zero-order valence-electron chi connectivity index (χ0n) is 9.48. The monoisotopic (exact) mass is 221 g/mol. The van der Waals surface area contributed by atoms with Crippen molar-refractivity contribution in [1.82, 2.24) is 5.32 Å². The van der Waals surface area contributed by atoms with E-state index in [1.54, 1.807) is 0 Å². The van der Waals surface area contributed by atoms with Gasteiger partial charge in [-0.15, -0.1) is 0 Å². The summed E-state index contributed by atoms with van der Waals surface area (Å²) < 4.78 is 5.89. The van der Waals surface area contributed by atoms with Crippen LogP contribution in [0.1, 0.15) is 18.4 Å². The van der Waals surface area contributed by atoms with E-state index in [9.17, 15) is 0 Å². The molecule has 1 aliphatic heterocycles. The molecule has 0 saturated heterocycles. The average molecular weight is 221 g/mol. The highest BCUT2D eigenvalue weighted by molar-refractivity contribution is 5.35. The molecule has 0 fully saturated rings. The summed E-state index contributed by atoms with van der Waals surface area (Å²) in [5.41, 5.74) is 1.31. The predicted octanol–water partition coefficient (Wildman–Crippen LogP) is 1.35. The fraction of sp³-hybridized carbons (Fsp3) is 0.538. The van der Waals surface area contributed by atoms with Crippen LogP contribution in [-0.2, 0) is 6.42 Å². The van der Waals surface area contributed by atoms with Gasteiger partial charge in [0.1, 0.15) is 11.9 Å². The maximum atomic E-state index is 8.66. The number of hydrogen-bond donors (Lipinski definition) is 2. The van der Waals surface area contributed by atoms with E-state index in [0.29, 0.717) is 0 Å². The Morgan fingerprint density at radius 3 is 3.12 bits per heavy atom. The van der Waals surface area contributed by atoms with E-state index < -0.39 is 0 Å². The average Bonchev–Trinajstić information content (AvgIpc) is 2.34. The van der Waals surface area contributed by atoms with E-state index in [1.165, 1.54) is 5.56 Å². The largest absolute Gasteiger partial charge is 0.489 e. The second kappa shape index (κ2) is 5.87. The molecule has 0 unspecified atom stereocenters. The van der Waals surface area contributed by atoms with Gasteiger partial charge in [0.2, 0.25) is 0 Å². The fourth-order valence-corrected chi connectivity index (χ4v) is 1.99. The molecular weight excluding hydrogens is 202 g/mol. The minimum atomic E-state index is 0.251. The first kappa shape index (κ1) is 11.4. The van der Waals surface area contributed by atoms with E-state index in [-0.39, 0.29) is 12.7 Å². The molecular formula is C13H19NO2. The Kier molecular flexibility index (Phi) is 4.19. The van der Waals surface area contributed by atoms with Crippen molar-refractivity contribution < 1.29 is 9.84 Å². The molecule has 0 spiro atoms. The SMILES string of the molecule is OCCCNC[C@H]1CCc2ccccc2O1. The summed E-state index contributed by atoms with van der Waals surface area (Å²) >= 11 is 0. The van der Waals surface area contributed by atoms with Crippen LogP contribution in [0.25, 0.3) is 0 Å². The lowest BCUT2D eigenvalue weighted by Gasteiger charge is -2.26. The van der Waals surface area contributed by atoms with Gasteiger partial charge in [0, 0.05) is 13.2 Å². The van der Waals surface area contributed by atoms with Crippen LogP contribution in [0.15, 0.2) is 24.3 Å².